The fourth-order valence-electron chi connectivity index (χ4n) is 2.47. The predicted molar refractivity (Wildman–Crippen MR) is 95.2 cm³/mol. The molecule has 0 aliphatic carbocycles. The number of nitrogens with one attached hydrogen (secondary N) is 1. The number of carbonyl (C=O) groups excluding carboxylic acids is 1. The van der Waals surface area contributed by atoms with Crippen LogP contribution in [0.5, 0.6) is 5.75 Å². The van der Waals surface area contributed by atoms with Crippen molar-refractivity contribution < 1.29 is 14.3 Å². The van der Waals surface area contributed by atoms with Crippen LogP contribution >= 0.6 is 0 Å². The van der Waals surface area contributed by atoms with Crippen molar-refractivity contribution in [1.82, 2.24) is 9.97 Å². The SMILES string of the molecule is CC(C)Oc1ccc(NC(=O)c2ccnc(N3CCOCC3)n2)cc1. The van der Waals surface area contributed by atoms with Gasteiger partial charge in [0.25, 0.3) is 5.91 Å². The van der Waals surface area contributed by atoms with Crippen LogP contribution in [0.2, 0.25) is 0 Å². The number of rotatable bonds is 5. The molecule has 2 aromatic rings. The van der Waals surface area contributed by atoms with Gasteiger partial charge in [0.15, 0.2) is 0 Å². The molecule has 1 fully saturated rings. The Morgan fingerprint density at radius 3 is 2.60 bits per heavy atom. The van der Waals surface area contributed by atoms with E-state index in [1.165, 1.54) is 0 Å². The summed E-state index contributed by atoms with van der Waals surface area (Å²) in [5, 5.41) is 2.84. The molecule has 1 saturated heterocycles. The van der Waals surface area contributed by atoms with Gasteiger partial charge in [-0.25, -0.2) is 9.97 Å². The van der Waals surface area contributed by atoms with Crippen molar-refractivity contribution in [2.75, 3.05) is 36.5 Å². The van der Waals surface area contributed by atoms with Gasteiger partial charge in [0.1, 0.15) is 11.4 Å². The summed E-state index contributed by atoms with van der Waals surface area (Å²) < 4.78 is 10.9. The van der Waals surface area contributed by atoms with E-state index in [4.69, 9.17) is 9.47 Å². The molecule has 0 radical (unpaired) electrons. The fraction of sp³-hybridized carbons (Fsp3) is 0.389. The number of benzene rings is 1. The smallest absolute Gasteiger partial charge is 0.274 e. The monoisotopic (exact) mass is 342 g/mol. The largest absolute Gasteiger partial charge is 0.491 e. The lowest BCUT2D eigenvalue weighted by atomic mass is 10.3. The molecule has 3 rings (SSSR count). The molecule has 1 aliphatic rings. The number of hydrogen-bond acceptors (Lipinski definition) is 6. The number of ether oxygens (including phenoxy) is 2. The van der Waals surface area contributed by atoms with Crippen molar-refractivity contribution in [2.24, 2.45) is 0 Å². The summed E-state index contributed by atoms with van der Waals surface area (Å²) in [7, 11) is 0. The molecule has 7 nitrogen and oxygen atoms in total. The summed E-state index contributed by atoms with van der Waals surface area (Å²) in [4.78, 5) is 23.1. The fourth-order valence-corrected chi connectivity index (χ4v) is 2.47. The van der Waals surface area contributed by atoms with Crippen LogP contribution in [0, 0.1) is 0 Å². The Hall–Kier alpha value is -2.67. The first-order chi connectivity index (χ1) is 12.1. The third-order valence-electron chi connectivity index (χ3n) is 3.65. The van der Waals surface area contributed by atoms with Crippen LogP contribution < -0.4 is 15.0 Å². The number of aromatic nitrogens is 2. The van der Waals surface area contributed by atoms with Gasteiger partial charge in [-0.1, -0.05) is 0 Å². The summed E-state index contributed by atoms with van der Waals surface area (Å²) in [6.07, 6.45) is 1.71. The lowest BCUT2D eigenvalue weighted by Crippen LogP contribution is -2.37. The zero-order valence-corrected chi connectivity index (χ0v) is 14.4. The van der Waals surface area contributed by atoms with Crippen LogP contribution in [-0.2, 0) is 4.74 Å². The van der Waals surface area contributed by atoms with Crippen molar-refractivity contribution >= 4 is 17.5 Å². The van der Waals surface area contributed by atoms with Crippen LogP contribution in [0.3, 0.4) is 0 Å². The van der Waals surface area contributed by atoms with Gasteiger partial charge >= 0.3 is 0 Å². The van der Waals surface area contributed by atoms with Crippen LogP contribution in [0.15, 0.2) is 36.5 Å². The highest BCUT2D eigenvalue weighted by Crippen LogP contribution is 2.18. The van der Waals surface area contributed by atoms with Gasteiger partial charge in [0.05, 0.1) is 19.3 Å². The van der Waals surface area contributed by atoms with Gasteiger partial charge in [-0.2, -0.15) is 0 Å². The first-order valence-corrected chi connectivity index (χ1v) is 8.35. The Kier molecular flexibility index (Phi) is 5.45. The predicted octanol–water partition coefficient (Wildman–Crippen LogP) is 2.35. The third-order valence-corrected chi connectivity index (χ3v) is 3.65. The van der Waals surface area contributed by atoms with Gasteiger partial charge in [0.2, 0.25) is 5.95 Å². The van der Waals surface area contributed by atoms with E-state index in [1.807, 2.05) is 30.9 Å². The molecule has 0 spiro atoms. The first kappa shape index (κ1) is 17.2. The number of hydrogen-bond donors (Lipinski definition) is 1. The first-order valence-electron chi connectivity index (χ1n) is 8.35. The topological polar surface area (TPSA) is 76.6 Å². The second kappa shape index (κ2) is 7.94. The van der Waals surface area contributed by atoms with Gasteiger partial charge < -0.3 is 19.7 Å². The maximum Gasteiger partial charge on any atom is 0.274 e. The van der Waals surface area contributed by atoms with E-state index in [2.05, 4.69) is 15.3 Å². The highest BCUT2D eigenvalue weighted by Gasteiger charge is 2.16. The summed E-state index contributed by atoms with van der Waals surface area (Å²) in [6, 6.07) is 8.87. The van der Waals surface area contributed by atoms with Crippen LogP contribution in [-0.4, -0.2) is 48.3 Å². The molecule has 1 N–H and O–H groups in total. The molecule has 1 aromatic heterocycles. The number of morpholine rings is 1. The maximum absolute atomic E-state index is 12.4. The lowest BCUT2D eigenvalue weighted by Gasteiger charge is -2.26. The molecule has 1 amide bonds. The minimum atomic E-state index is -0.269. The van der Waals surface area contributed by atoms with Crippen LogP contribution in [0.1, 0.15) is 24.3 Å². The highest BCUT2D eigenvalue weighted by atomic mass is 16.5. The van der Waals surface area contributed by atoms with Gasteiger partial charge in [-0.15, -0.1) is 0 Å². The van der Waals surface area contributed by atoms with E-state index in [-0.39, 0.29) is 12.0 Å². The summed E-state index contributed by atoms with van der Waals surface area (Å²) in [5.74, 6) is 1.05. The van der Waals surface area contributed by atoms with Crippen molar-refractivity contribution in [2.45, 2.75) is 20.0 Å². The van der Waals surface area contributed by atoms with Crippen molar-refractivity contribution in [3.8, 4) is 5.75 Å². The van der Waals surface area contributed by atoms with E-state index < -0.39 is 0 Å². The van der Waals surface area contributed by atoms with E-state index in [9.17, 15) is 4.79 Å². The molecule has 0 unspecified atom stereocenters. The summed E-state index contributed by atoms with van der Waals surface area (Å²) in [6.45, 7) is 6.67. The Balaban J connectivity index is 1.66. The molecular formula is C18H22N4O3. The molecule has 0 saturated carbocycles. The Bertz CT molecular complexity index is 713. The van der Waals surface area contributed by atoms with Crippen molar-refractivity contribution in [3.63, 3.8) is 0 Å². The lowest BCUT2D eigenvalue weighted by molar-refractivity contribution is 0.102. The minimum Gasteiger partial charge on any atom is -0.491 e. The van der Waals surface area contributed by atoms with E-state index in [0.29, 0.717) is 30.5 Å². The van der Waals surface area contributed by atoms with Gasteiger partial charge in [0, 0.05) is 25.0 Å². The van der Waals surface area contributed by atoms with Crippen molar-refractivity contribution in [3.05, 3.63) is 42.2 Å². The molecule has 7 heteroatoms. The number of nitrogens with zero attached hydrogens (tertiary/aromatic N) is 3. The number of anilines is 2. The Labute approximate surface area is 147 Å². The zero-order chi connectivity index (χ0) is 17.6. The standard InChI is InChI=1S/C18H22N4O3/c1-13(2)25-15-5-3-14(4-6-15)20-17(23)16-7-8-19-18(21-16)22-9-11-24-12-10-22/h3-8,13H,9-12H2,1-2H3,(H,20,23). The van der Waals surface area contributed by atoms with Crippen molar-refractivity contribution in [1.29, 1.82) is 0 Å². The minimum absolute atomic E-state index is 0.111. The maximum atomic E-state index is 12.4. The molecule has 0 atom stereocenters. The second-order valence-electron chi connectivity index (χ2n) is 5.99. The molecule has 2 heterocycles. The molecule has 132 valence electrons. The number of carbonyl (C=O) groups is 1. The normalized spacial score (nSPS) is 14.4. The average molecular weight is 342 g/mol. The molecule has 0 bridgehead atoms. The molecule has 1 aromatic carbocycles. The van der Waals surface area contributed by atoms with Gasteiger partial charge in [-0.3, -0.25) is 4.79 Å². The number of amides is 1. The van der Waals surface area contributed by atoms with E-state index in [0.717, 1.165) is 18.8 Å². The zero-order valence-electron chi connectivity index (χ0n) is 14.4. The average Bonchev–Trinajstić information content (AvgIpc) is 2.64. The van der Waals surface area contributed by atoms with Crippen LogP contribution in [0.4, 0.5) is 11.6 Å². The summed E-state index contributed by atoms with van der Waals surface area (Å²) in [5.41, 5.74) is 1.02. The highest BCUT2D eigenvalue weighted by molar-refractivity contribution is 6.03. The molecular weight excluding hydrogens is 320 g/mol. The van der Waals surface area contributed by atoms with Crippen LogP contribution in [0.25, 0.3) is 0 Å². The third kappa shape index (κ3) is 4.67. The second-order valence-corrected chi connectivity index (χ2v) is 5.99. The Morgan fingerprint density at radius 2 is 1.92 bits per heavy atom. The molecule has 1 aliphatic heterocycles. The van der Waals surface area contributed by atoms with Gasteiger partial charge in [-0.05, 0) is 44.2 Å². The van der Waals surface area contributed by atoms with E-state index >= 15 is 0 Å². The summed E-state index contributed by atoms with van der Waals surface area (Å²) >= 11 is 0. The molecule has 25 heavy (non-hydrogen) atoms. The quantitative estimate of drug-likeness (QED) is 0.899. The van der Waals surface area contributed by atoms with E-state index in [1.54, 1.807) is 24.4 Å². The Morgan fingerprint density at radius 1 is 1.20 bits per heavy atom.